The molecule has 110 valence electrons. The highest BCUT2D eigenvalue weighted by molar-refractivity contribution is 9.10. The third-order valence-corrected chi connectivity index (χ3v) is 3.48. The molecule has 0 saturated heterocycles. The van der Waals surface area contributed by atoms with Gasteiger partial charge >= 0.3 is 0 Å². The average molecular weight is 354 g/mol. The number of aryl methyl sites for hydroxylation is 1. The van der Waals surface area contributed by atoms with Crippen molar-refractivity contribution in [3.63, 3.8) is 0 Å². The van der Waals surface area contributed by atoms with E-state index in [2.05, 4.69) is 26.3 Å². The maximum atomic E-state index is 12.1. The molecule has 3 N–H and O–H groups in total. The molecule has 2 aromatic rings. The molecule has 0 aliphatic carbocycles. The Morgan fingerprint density at radius 3 is 2.86 bits per heavy atom. The smallest absolute Gasteiger partial charge is 0.271 e. The molecule has 1 amide bonds. The first-order valence-electron chi connectivity index (χ1n) is 5.87. The third-order valence-electron chi connectivity index (χ3n) is 2.79. The Labute approximate surface area is 128 Å². The second kappa shape index (κ2) is 6.02. The van der Waals surface area contributed by atoms with Gasteiger partial charge in [-0.3, -0.25) is 19.6 Å². The van der Waals surface area contributed by atoms with Crippen LogP contribution in [-0.4, -0.2) is 20.6 Å². The van der Waals surface area contributed by atoms with E-state index in [1.54, 1.807) is 13.2 Å². The molecule has 0 spiro atoms. The largest absolute Gasteiger partial charge is 0.323 e. The van der Waals surface area contributed by atoms with Gasteiger partial charge in [-0.25, -0.2) is 0 Å². The van der Waals surface area contributed by atoms with Crippen molar-refractivity contribution in [2.24, 2.45) is 12.8 Å². The minimum Gasteiger partial charge on any atom is -0.323 e. The number of amides is 1. The summed E-state index contributed by atoms with van der Waals surface area (Å²) in [5, 5.41) is 17.3. The van der Waals surface area contributed by atoms with Crippen LogP contribution < -0.4 is 11.1 Å². The highest BCUT2D eigenvalue weighted by Gasteiger charge is 2.19. The van der Waals surface area contributed by atoms with E-state index in [4.69, 9.17) is 5.73 Å². The molecule has 0 aliphatic rings. The van der Waals surface area contributed by atoms with Gasteiger partial charge in [-0.15, -0.1) is 0 Å². The fourth-order valence-corrected chi connectivity index (χ4v) is 2.03. The lowest BCUT2D eigenvalue weighted by molar-refractivity contribution is -0.384. The van der Waals surface area contributed by atoms with Gasteiger partial charge in [0.05, 0.1) is 16.8 Å². The number of nitro groups is 1. The standard InChI is InChI=1S/C12H12BrN5O3/c1-17-6-7(5-15-17)11(14)12(19)16-10-4-8(18(20)21)2-3-9(10)13/h2-6,11H,14H2,1H3,(H,16,19). The summed E-state index contributed by atoms with van der Waals surface area (Å²) in [6.45, 7) is 0. The Morgan fingerprint density at radius 2 is 2.29 bits per heavy atom. The van der Waals surface area contributed by atoms with Crippen LogP contribution in [0.2, 0.25) is 0 Å². The van der Waals surface area contributed by atoms with Crippen LogP contribution in [0.4, 0.5) is 11.4 Å². The van der Waals surface area contributed by atoms with Crippen LogP contribution in [-0.2, 0) is 11.8 Å². The maximum Gasteiger partial charge on any atom is 0.271 e. The summed E-state index contributed by atoms with van der Waals surface area (Å²) in [6.07, 6.45) is 3.12. The fourth-order valence-electron chi connectivity index (χ4n) is 1.69. The lowest BCUT2D eigenvalue weighted by Gasteiger charge is -2.11. The first kappa shape index (κ1) is 15.1. The number of rotatable bonds is 4. The summed E-state index contributed by atoms with van der Waals surface area (Å²) < 4.78 is 2.06. The molecule has 0 aliphatic heterocycles. The summed E-state index contributed by atoms with van der Waals surface area (Å²) in [7, 11) is 1.71. The summed E-state index contributed by atoms with van der Waals surface area (Å²) in [4.78, 5) is 22.3. The maximum absolute atomic E-state index is 12.1. The van der Waals surface area contributed by atoms with Crippen molar-refractivity contribution in [3.05, 3.63) is 50.7 Å². The molecule has 1 aromatic heterocycles. The van der Waals surface area contributed by atoms with Crippen LogP contribution in [0.1, 0.15) is 11.6 Å². The molecular formula is C12H12BrN5O3. The number of carbonyl (C=O) groups excluding carboxylic acids is 1. The predicted molar refractivity (Wildman–Crippen MR) is 79.6 cm³/mol. The summed E-state index contributed by atoms with van der Waals surface area (Å²) in [5.41, 5.74) is 6.55. The summed E-state index contributed by atoms with van der Waals surface area (Å²) in [5.74, 6) is -0.482. The number of benzene rings is 1. The number of non-ortho nitro benzene ring substituents is 1. The third kappa shape index (κ3) is 3.44. The number of hydrogen-bond acceptors (Lipinski definition) is 5. The Hall–Kier alpha value is -2.26. The van der Waals surface area contributed by atoms with Crippen molar-refractivity contribution < 1.29 is 9.72 Å². The van der Waals surface area contributed by atoms with E-state index in [0.717, 1.165) is 0 Å². The Bertz CT molecular complexity index is 700. The van der Waals surface area contributed by atoms with Gasteiger partial charge in [-0.2, -0.15) is 5.10 Å². The number of halogens is 1. The molecule has 1 heterocycles. The molecular weight excluding hydrogens is 342 g/mol. The van der Waals surface area contributed by atoms with Crippen molar-refractivity contribution in [1.29, 1.82) is 0 Å². The molecule has 8 nitrogen and oxygen atoms in total. The minimum absolute atomic E-state index is 0.122. The number of nitrogens with two attached hydrogens (primary N) is 1. The first-order chi connectivity index (χ1) is 9.88. The SMILES string of the molecule is Cn1cc(C(N)C(=O)Nc2cc([N+](=O)[O-])ccc2Br)cn1. The second-order valence-corrected chi connectivity index (χ2v) is 5.19. The van der Waals surface area contributed by atoms with Crippen LogP contribution in [0.3, 0.4) is 0 Å². The molecule has 1 aromatic carbocycles. The molecule has 1 unspecified atom stereocenters. The lowest BCUT2D eigenvalue weighted by atomic mass is 10.1. The number of nitrogens with zero attached hydrogens (tertiary/aromatic N) is 3. The lowest BCUT2D eigenvalue weighted by Crippen LogP contribution is -2.27. The fraction of sp³-hybridized carbons (Fsp3) is 0.167. The quantitative estimate of drug-likeness (QED) is 0.641. The Morgan fingerprint density at radius 1 is 1.57 bits per heavy atom. The van der Waals surface area contributed by atoms with Crippen LogP contribution in [0.5, 0.6) is 0 Å². The van der Waals surface area contributed by atoms with E-state index in [-0.39, 0.29) is 11.4 Å². The van der Waals surface area contributed by atoms with Crippen LogP contribution in [0.25, 0.3) is 0 Å². The summed E-state index contributed by atoms with van der Waals surface area (Å²) >= 11 is 3.22. The van der Waals surface area contributed by atoms with Crippen LogP contribution >= 0.6 is 15.9 Å². The number of carbonyl (C=O) groups is 1. The van der Waals surface area contributed by atoms with Gasteiger partial charge in [0.15, 0.2) is 0 Å². The van der Waals surface area contributed by atoms with Crippen LogP contribution in [0.15, 0.2) is 35.1 Å². The van der Waals surface area contributed by atoms with Gasteiger partial charge in [0, 0.05) is 35.4 Å². The Balaban J connectivity index is 2.19. The molecule has 0 fully saturated rings. The second-order valence-electron chi connectivity index (χ2n) is 4.34. The van der Waals surface area contributed by atoms with E-state index in [0.29, 0.717) is 10.0 Å². The van der Waals surface area contributed by atoms with E-state index in [1.165, 1.54) is 29.1 Å². The first-order valence-corrected chi connectivity index (χ1v) is 6.66. The van der Waals surface area contributed by atoms with Gasteiger partial charge < -0.3 is 11.1 Å². The van der Waals surface area contributed by atoms with E-state index in [1.807, 2.05) is 0 Å². The molecule has 21 heavy (non-hydrogen) atoms. The highest BCUT2D eigenvalue weighted by Crippen LogP contribution is 2.27. The summed E-state index contributed by atoms with van der Waals surface area (Å²) in [6, 6.07) is 3.17. The molecule has 2 rings (SSSR count). The van der Waals surface area contributed by atoms with Gasteiger partial charge in [0.1, 0.15) is 6.04 Å². The van der Waals surface area contributed by atoms with Gasteiger partial charge in [-0.05, 0) is 22.0 Å². The minimum atomic E-state index is -0.912. The number of aromatic nitrogens is 2. The topological polar surface area (TPSA) is 116 Å². The van der Waals surface area contributed by atoms with Crippen molar-refractivity contribution in [1.82, 2.24) is 9.78 Å². The molecule has 1 atom stereocenters. The van der Waals surface area contributed by atoms with Crippen molar-refractivity contribution in [2.75, 3.05) is 5.32 Å². The number of nitro benzene ring substituents is 1. The zero-order valence-electron chi connectivity index (χ0n) is 11.0. The monoisotopic (exact) mass is 353 g/mol. The normalized spacial score (nSPS) is 12.0. The van der Waals surface area contributed by atoms with Crippen molar-refractivity contribution in [3.8, 4) is 0 Å². The number of nitrogens with one attached hydrogen (secondary N) is 1. The number of anilines is 1. The average Bonchev–Trinajstić information content (AvgIpc) is 2.86. The molecule has 0 bridgehead atoms. The van der Waals surface area contributed by atoms with E-state index < -0.39 is 16.9 Å². The predicted octanol–water partition coefficient (Wildman–Crippen LogP) is 1.73. The molecule has 0 saturated carbocycles. The highest BCUT2D eigenvalue weighted by atomic mass is 79.9. The number of hydrogen-bond donors (Lipinski definition) is 2. The van der Waals surface area contributed by atoms with E-state index >= 15 is 0 Å². The zero-order valence-corrected chi connectivity index (χ0v) is 12.6. The molecule has 0 radical (unpaired) electrons. The van der Waals surface area contributed by atoms with Gasteiger partial charge in [0.2, 0.25) is 5.91 Å². The molecule has 9 heteroatoms. The zero-order chi connectivity index (χ0) is 15.6. The van der Waals surface area contributed by atoms with Gasteiger partial charge in [0.25, 0.3) is 5.69 Å². The van der Waals surface area contributed by atoms with Crippen LogP contribution in [0, 0.1) is 10.1 Å². The van der Waals surface area contributed by atoms with Gasteiger partial charge in [-0.1, -0.05) is 0 Å². The van der Waals surface area contributed by atoms with E-state index in [9.17, 15) is 14.9 Å². The van der Waals surface area contributed by atoms with Crippen molar-refractivity contribution in [2.45, 2.75) is 6.04 Å². The van der Waals surface area contributed by atoms with Crippen molar-refractivity contribution >= 4 is 33.2 Å². The Kier molecular flexibility index (Phi) is 4.34.